The molecule has 3 amide bonds. The van der Waals surface area contributed by atoms with Crippen LogP contribution in [0.15, 0.2) is 65.3 Å². The summed E-state index contributed by atoms with van der Waals surface area (Å²) in [5.74, 6) is -1.87. The van der Waals surface area contributed by atoms with Crippen LogP contribution in [-0.2, 0) is 20.9 Å². The molecule has 1 atom stereocenters. The molecule has 36 heavy (non-hydrogen) atoms. The van der Waals surface area contributed by atoms with Gasteiger partial charge in [0, 0.05) is 18.6 Å². The largest absolute Gasteiger partial charge is 0.467 e. The molecule has 3 aromatic rings. The van der Waals surface area contributed by atoms with Crippen LogP contribution in [-0.4, -0.2) is 39.6 Å². The van der Waals surface area contributed by atoms with Crippen molar-refractivity contribution in [1.82, 2.24) is 4.90 Å². The third kappa shape index (κ3) is 4.96. The van der Waals surface area contributed by atoms with E-state index >= 15 is 0 Å². The lowest BCUT2D eigenvalue weighted by molar-refractivity contribution is -0.384. The van der Waals surface area contributed by atoms with E-state index in [2.05, 4.69) is 0 Å². The summed E-state index contributed by atoms with van der Waals surface area (Å²) in [6.07, 6.45) is 1.08. The zero-order chi connectivity index (χ0) is 26.0. The highest BCUT2D eigenvalue weighted by Gasteiger charge is 2.45. The van der Waals surface area contributed by atoms with E-state index in [1.54, 1.807) is 12.1 Å². The first-order chi connectivity index (χ1) is 17.2. The van der Waals surface area contributed by atoms with Gasteiger partial charge in [-0.3, -0.25) is 29.3 Å². The Morgan fingerprint density at radius 1 is 1.19 bits per heavy atom. The number of carbonyl (C=O) groups excluding carboxylic acids is 4. The second-order valence-corrected chi connectivity index (χ2v) is 8.22. The number of hydrogen-bond donors (Lipinski definition) is 0. The molecule has 1 fully saturated rings. The van der Waals surface area contributed by atoms with Crippen molar-refractivity contribution >= 4 is 46.7 Å². The van der Waals surface area contributed by atoms with Gasteiger partial charge < -0.3 is 14.1 Å². The minimum absolute atomic E-state index is 0.0814. The predicted octanol–water partition coefficient (Wildman–Crippen LogP) is 3.74. The second kappa shape index (κ2) is 10.0. The van der Waals surface area contributed by atoms with Gasteiger partial charge in [-0.15, -0.1) is 0 Å². The Bertz CT molecular complexity index is 1350. The normalized spacial score (nSPS) is 15.2. The van der Waals surface area contributed by atoms with Gasteiger partial charge in [0.2, 0.25) is 5.91 Å². The van der Waals surface area contributed by atoms with Crippen LogP contribution in [0.5, 0.6) is 5.75 Å². The van der Waals surface area contributed by atoms with E-state index in [1.165, 1.54) is 49.6 Å². The molecule has 0 spiro atoms. The number of hydrogen-bond acceptors (Lipinski definition) is 8. The molecule has 1 aliphatic heterocycles. The number of nitro groups is 1. The summed E-state index contributed by atoms with van der Waals surface area (Å²) in [4.78, 5) is 63.5. The van der Waals surface area contributed by atoms with Gasteiger partial charge in [-0.25, -0.2) is 4.90 Å². The Morgan fingerprint density at radius 2 is 1.92 bits per heavy atom. The quantitative estimate of drug-likeness (QED) is 0.153. The van der Waals surface area contributed by atoms with Crippen LogP contribution in [0.1, 0.15) is 29.5 Å². The van der Waals surface area contributed by atoms with Crippen molar-refractivity contribution in [3.8, 4) is 5.75 Å². The molecular formula is C24H18ClN3O8. The van der Waals surface area contributed by atoms with Crippen molar-refractivity contribution in [3.63, 3.8) is 0 Å². The number of rotatable bonds is 7. The topological polar surface area (TPSA) is 140 Å². The number of esters is 1. The fourth-order valence-corrected chi connectivity index (χ4v) is 3.99. The number of imide groups is 1. The first-order valence-electron chi connectivity index (χ1n) is 10.6. The molecule has 2 aromatic carbocycles. The van der Waals surface area contributed by atoms with Gasteiger partial charge in [0.25, 0.3) is 17.5 Å². The zero-order valence-electron chi connectivity index (χ0n) is 18.8. The molecule has 2 heterocycles. The SMILES string of the molecule is CC(=O)Oc1ccc(N2C(=O)CC(N(Cc3ccco3)C(=O)c3ccc(Cl)c([N+](=O)[O-])c3)C2=O)cc1. The molecule has 184 valence electrons. The first-order valence-corrected chi connectivity index (χ1v) is 11.0. The standard InChI is InChI=1S/C24H18ClN3O8/c1-14(29)36-17-7-5-16(6-8-17)27-22(30)12-21(24(27)32)26(13-18-3-2-10-35-18)23(31)15-4-9-19(25)20(11-15)28(33)34/h2-11,21H,12-13H2,1H3. The summed E-state index contributed by atoms with van der Waals surface area (Å²) in [6, 6.07) is 11.3. The summed E-state index contributed by atoms with van der Waals surface area (Å²) in [5.41, 5.74) is -0.318. The molecule has 1 aromatic heterocycles. The monoisotopic (exact) mass is 511 g/mol. The fourth-order valence-electron chi connectivity index (χ4n) is 3.81. The lowest BCUT2D eigenvalue weighted by Gasteiger charge is -2.27. The van der Waals surface area contributed by atoms with Crippen molar-refractivity contribution in [2.24, 2.45) is 0 Å². The van der Waals surface area contributed by atoms with Gasteiger partial charge >= 0.3 is 5.97 Å². The number of amides is 3. The van der Waals surface area contributed by atoms with E-state index in [4.69, 9.17) is 20.8 Å². The number of furan rings is 1. The molecule has 0 aliphatic carbocycles. The maximum Gasteiger partial charge on any atom is 0.308 e. The van der Waals surface area contributed by atoms with Crippen LogP contribution in [0.25, 0.3) is 0 Å². The summed E-state index contributed by atoms with van der Waals surface area (Å²) in [7, 11) is 0. The summed E-state index contributed by atoms with van der Waals surface area (Å²) < 4.78 is 10.3. The van der Waals surface area contributed by atoms with E-state index in [1.807, 2.05) is 0 Å². The number of ether oxygens (including phenoxy) is 1. The number of anilines is 1. The van der Waals surface area contributed by atoms with Crippen LogP contribution >= 0.6 is 11.6 Å². The molecule has 1 aliphatic rings. The van der Waals surface area contributed by atoms with Crippen LogP contribution < -0.4 is 9.64 Å². The Hall–Kier alpha value is -4.51. The number of halogens is 1. The highest BCUT2D eigenvalue weighted by Crippen LogP contribution is 2.31. The van der Waals surface area contributed by atoms with E-state index in [-0.39, 0.29) is 35.0 Å². The van der Waals surface area contributed by atoms with Crippen LogP contribution in [0.4, 0.5) is 11.4 Å². The van der Waals surface area contributed by atoms with Crippen molar-refractivity contribution < 1.29 is 33.3 Å². The molecule has 11 nitrogen and oxygen atoms in total. The van der Waals surface area contributed by atoms with Gasteiger partial charge in [0.05, 0.1) is 29.8 Å². The smallest absolute Gasteiger partial charge is 0.308 e. The van der Waals surface area contributed by atoms with Crippen molar-refractivity contribution in [2.75, 3.05) is 4.90 Å². The molecule has 4 rings (SSSR count). The summed E-state index contributed by atoms with van der Waals surface area (Å²) in [5, 5.41) is 11.2. The fraction of sp³-hybridized carbons (Fsp3) is 0.167. The van der Waals surface area contributed by atoms with E-state index in [9.17, 15) is 29.3 Å². The van der Waals surface area contributed by atoms with Crippen molar-refractivity contribution in [1.29, 1.82) is 0 Å². The number of benzene rings is 2. The number of nitro benzene ring substituents is 1. The number of nitrogens with zero attached hydrogens (tertiary/aromatic N) is 3. The molecule has 0 N–H and O–H groups in total. The Labute approximate surface area is 208 Å². The predicted molar refractivity (Wildman–Crippen MR) is 125 cm³/mol. The van der Waals surface area contributed by atoms with Gasteiger partial charge in [0.15, 0.2) is 0 Å². The average Bonchev–Trinajstić information content (AvgIpc) is 3.45. The van der Waals surface area contributed by atoms with Crippen LogP contribution in [0, 0.1) is 10.1 Å². The molecule has 0 saturated carbocycles. The van der Waals surface area contributed by atoms with Gasteiger partial charge in [-0.05, 0) is 48.5 Å². The average molecular weight is 512 g/mol. The minimum atomic E-state index is -1.20. The maximum atomic E-state index is 13.5. The Balaban J connectivity index is 1.66. The van der Waals surface area contributed by atoms with Gasteiger partial charge in [-0.2, -0.15) is 0 Å². The molecule has 1 unspecified atom stereocenters. The maximum absolute atomic E-state index is 13.5. The molecule has 0 bridgehead atoms. The Morgan fingerprint density at radius 3 is 2.53 bits per heavy atom. The molecular weight excluding hydrogens is 494 g/mol. The first kappa shape index (κ1) is 24.6. The van der Waals surface area contributed by atoms with Crippen molar-refractivity contribution in [3.05, 3.63) is 87.3 Å². The van der Waals surface area contributed by atoms with E-state index < -0.39 is 40.3 Å². The third-order valence-corrected chi connectivity index (χ3v) is 5.73. The van der Waals surface area contributed by atoms with E-state index in [0.29, 0.717) is 5.76 Å². The third-order valence-electron chi connectivity index (χ3n) is 5.41. The number of carbonyl (C=O) groups is 4. The van der Waals surface area contributed by atoms with Gasteiger partial charge in [-0.1, -0.05) is 11.6 Å². The van der Waals surface area contributed by atoms with Crippen LogP contribution in [0.3, 0.4) is 0 Å². The molecule has 0 radical (unpaired) electrons. The highest BCUT2D eigenvalue weighted by atomic mass is 35.5. The molecule has 1 saturated heterocycles. The van der Waals surface area contributed by atoms with Gasteiger partial charge in [0.1, 0.15) is 22.6 Å². The highest BCUT2D eigenvalue weighted by molar-refractivity contribution is 6.32. The Kier molecular flexibility index (Phi) is 6.84. The minimum Gasteiger partial charge on any atom is -0.467 e. The summed E-state index contributed by atoms with van der Waals surface area (Å²) >= 11 is 5.87. The summed E-state index contributed by atoms with van der Waals surface area (Å²) in [6.45, 7) is 1.08. The lowest BCUT2D eigenvalue weighted by Crippen LogP contribution is -2.45. The zero-order valence-corrected chi connectivity index (χ0v) is 19.5. The molecule has 12 heteroatoms. The lowest BCUT2D eigenvalue weighted by atomic mass is 10.1. The second-order valence-electron chi connectivity index (χ2n) is 7.81. The van der Waals surface area contributed by atoms with E-state index in [0.717, 1.165) is 15.9 Å². The van der Waals surface area contributed by atoms with Crippen LogP contribution in [0.2, 0.25) is 5.02 Å². The van der Waals surface area contributed by atoms with Crippen molar-refractivity contribution in [2.45, 2.75) is 25.9 Å².